The molecule has 2 rings (SSSR count). The van der Waals surface area contributed by atoms with Gasteiger partial charge in [0, 0.05) is 51.9 Å². The summed E-state index contributed by atoms with van der Waals surface area (Å²) in [5.41, 5.74) is 1.17. The summed E-state index contributed by atoms with van der Waals surface area (Å²) in [6.45, 7) is 7.98. The summed E-state index contributed by atoms with van der Waals surface area (Å²) in [7, 11) is 5.26. The Balaban J connectivity index is 1.93. The van der Waals surface area contributed by atoms with Crippen LogP contribution < -0.4 is 14.8 Å². The molecule has 0 aromatic heterocycles. The molecule has 1 aromatic rings. The first-order valence-electron chi connectivity index (χ1n) is 8.60. The third kappa shape index (κ3) is 4.77. The molecule has 24 heavy (non-hydrogen) atoms. The highest BCUT2D eigenvalue weighted by Gasteiger charge is 2.20. The number of guanidine groups is 1. The van der Waals surface area contributed by atoms with Gasteiger partial charge in [-0.1, -0.05) is 6.92 Å². The van der Waals surface area contributed by atoms with Crippen molar-refractivity contribution in [1.82, 2.24) is 15.1 Å². The molecule has 1 aliphatic heterocycles. The van der Waals surface area contributed by atoms with Gasteiger partial charge in [-0.2, -0.15) is 0 Å². The predicted octanol–water partition coefficient (Wildman–Crippen LogP) is 1.81. The normalized spacial score (nSPS) is 16.2. The van der Waals surface area contributed by atoms with Gasteiger partial charge in [0.15, 0.2) is 5.96 Å². The summed E-state index contributed by atoms with van der Waals surface area (Å²) in [6.07, 6.45) is 1.11. The third-order valence-corrected chi connectivity index (χ3v) is 4.30. The van der Waals surface area contributed by atoms with E-state index in [0.717, 1.165) is 63.1 Å². The molecule has 6 heteroatoms. The minimum atomic E-state index is 0.869. The van der Waals surface area contributed by atoms with Crippen molar-refractivity contribution in [2.75, 3.05) is 54.0 Å². The highest BCUT2D eigenvalue weighted by atomic mass is 16.5. The molecule has 1 saturated heterocycles. The van der Waals surface area contributed by atoms with Crippen LogP contribution in [0.15, 0.2) is 23.2 Å². The molecular weight excluding hydrogens is 304 g/mol. The van der Waals surface area contributed by atoms with Gasteiger partial charge in [0.2, 0.25) is 0 Å². The van der Waals surface area contributed by atoms with Crippen molar-refractivity contribution in [2.45, 2.75) is 19.9 Å². The third-order valence-electron chi connectivity index (χ3n) is 4.30. The lowest BCUT2D eigenvalue weighted by molar-refractivity contribution is 0.171. The first kappa shape index (κ1) is 18.4. The van der Waals surface area contributed by atoms with Crippen LogP contribution in [-0.4, -0.2) is 69.8 Å². The Morgan fingerprint density at radius 2 is 1.92 bits per heavy atom. The Morgan fingerprint density at radius 1 is 1.17 bits per heavy atom. The molecule has 1 aromatic carbocycles. The number of ether oxygens (including phenoxy) is 2. The Labute approximate surface area is 145 Å². The molecule has 1 N–H and O–H groups in total. The second-order valence-electron chi connectivity index (χ2n) is 5.91. The average Bonchev–Trinajstić information content (AvgIpc) is 2.63. The smallest absolute Gasteiger partial charge is 0.193 e. The van der Waals surface area contributed by atoms with Crippen LogP contribution >= 0.6 is 0 Å². The molecule has 0 saturated carbocycles. The van der Waals surface area contributed by atoms with E-state index in [1.807, 2.05) is 19.2 Å². The van der Waals surface area contributed by atoms with E-state index < -0.39 is 0 Å². The zero-order chi connectivity index (χ0) is 17.4. The van der Waals surface area contributed by atoms with E-state index in [1.165, 1.54) is 5.56 Å². The van der Waals surface area contributed by atoms with Crippen molar-refractivity contribution in [1.29, 1.82) is 0 Å². The van der Waals surface area contributed by atoms with Crippen molar-refractivity contribution in [3.05, 3.63) is 23.8 Å². The predicted molar refractivity (Wildman–Crippen MR) is 98.0 cm³/mol. The standard InChI is InChI=1S/C18H30N4O2/c1-5-8-20-18(19-2)22-11-9-21(10-12-22)14-15-13-16(23-3)6-7-17(15)24-4/h6-7,13H,5,8-12,14H2,1-4H3,(H,19,20). The molecule has 1 heterocycles. The summed E-state index contributed by atoms with van der Waals surface area (Å²) in [5.74, 6) is 2.79. The number of aliphatic imine (C=N–C) groups is 1. The lowest BCUT2D eigenvalue weighted by Crippen LogP contribution is -2.52. The zero-order valence-corrected chi connectivity index (χ0v) is 15.3. The number of hydrogen-bond acceptors (Lipinski definition) is 4. The summed E-state index contributed by atoms with van der Waals surface area (Å²) in [6, 6.07) is 5.97. The average molecular weight is 334 g/mol. The minimum Gasteiger partial charge on any atom is -0.497 e. The van der Waals surface area contributed by atoms with E-state index in [0.29, 0.717) is 0 Å². The number of hydrogen-bond donors (Lipinski definition) is 1. The minimum absolute atomic E-state index is 0.869. The summed E-state index contributed by atoms with van der Waals surface area (Å²) in [5, 5.41) is 3.41. The highest BCUT2D eigenvalue weighted by molar-refractivity contribution is 5.79. The fourth-order valence-corrected chi connectivity index (χ4v) is 2.93. The molecule has 134 valence electrons. The quantitative estimate of drug-likeness (QED) is 0.635. The van der Waals surface area contributed by atoms with Crippen LogP contribution in [0.5, 0.6) is 11.5 Å². The second kappa shape index (κ2) is 9.37. The number of nitrogens with one attached hydrogen (secondary N) is 1. The Morgan fingerprint density at radius 3 is 2.50 bits per heavy atom. The first-order valence-corrected chi connectivity index (χ1v) is 8.60. The van der Waals surface area contributed by atoms with E-state index in [-0.39, 0.29) is 0 Å². The van der Waals surface area contributed by atoms with Crippen molar-refractivity contribution in [2.24, 2.45) is 4.99 Å². The maximum atomic E-state index is 5.49. The lowest BCUT2D eigenvalue weighted by Gasteiger charge is -2.36. The second-order valence-corrected chi connectivity index (χ2v) is 5.91. The van der Waals surface area contributed by atoms with E-state index in [2.05, 4.69) is 33.1 Å². The van der Waals surface area contributed by atoms with Crippen LogP contribution in [0.3, 0.4) is 0 Å². The first-order chi connectivity index (χ1) is 11.7. The number of benzene rings is 1. The molecule has 0 unspecified atom stereocenters. The van der Waals surface area contributed by atoms with Gasteiger partial charge in [-0.05, 0) is 24.6 Å². The zero-order valence-electron chi connectivity index (χ0n) is 15.3. The molecule has 0 aliphatic carbocycles. The van der Waals surface area contributed by atoms with E-state index >= 15 is 0 Å². The van der Waals surface area contributed by atoms with Crippen LogP contribution in [0, 0.1) is 0 Å². The molecule has 0 spiro atoms. The van der Waals surface area contributed by atoms with Gasteiger partial charge < -0.3 is 19.7 Å². The maximum Gasteiger partial charge on any atom is 0.193 e. The van der Waals surface area contributed by atoms with Gasteiger partial charge in [0.1, 0.15) is 11.5 Å². The number of piperazine rings is 1. The molecule has 0 radical (unpaired) electrons. The van der Waals surface area contributed by atoms with Crippen LogP contribution in [-0.2, 0) is 6.54 Å². The maximum absolute atomic E-state index is 5.49. The molecule has 6 nitrogen and oxygen atoms in total. The van der Waals surface area contributed by atoms with Gasteiger partial charge in [0.25, 0.3) is 0 Å². The van der Waals surface area contributed by atoms with E-state index in [4.69, 9.17) is 9.47 Å². The molecule has 0 amide bonds. The largest absolute Gasteiger partial charge is 0.497 e. The monoisotopic (exact) mass is 334 g/mol. The van der Waals surface area contributed by atoms with Gasteiger partial charge >= 0.3 is 0 Å². The van der Waals surface area contributed by atoms with Gasteiger partial charge in [0.05, 0.1) is 14.2 Å². The van der Waals surface area contributed by atoms with E-state index in [1.54, 1.807) is 14.2 Å². The Kier molecular flexibility index (Phi) is 7.18. The van der Waals surface area contributed by atoms with Gasteiger partial charge in [-0.15, -0.1) is 0 Å². The summed E-state index contributed by atoms with van der Waals surface area (Å²) < 4.78 is 10.8. The number of nitrogens with zero attached hydrogens (tertiary/aromatic N) is 3. The summed E-state index contributed by atoms with van der Waals surface area (Å²) in [4.78, 5) is 9.16. The number of rotatable bonds is 6. The summed E-state index contributed by atoms with van der Waals surface area (Å²) >= 11 is 0. The van der Waals surface area contributed by atoms with E-state index in [9.17, 15) is 0 Å². The fourth-order valence-electron chi connectivity index (χ4n) is 2.93. The van der Waals surface area contributed by atoms with Crippen LogP contribution in [0.1, 0.15) is 18.9 Å². The molecular formula is C18H30N4O2. The van der Waals surface area contributed by atoms with Crippen LogP contribution in [0.2, 0.25) is 0 Å². The highest BCUT2D eigenvalue weighted by Crippen LogP contribution is 2.25. The van der Waals surface area contributed by atoms with Crippen molar-refractivity contribution >= 4 is 5.96 Å². The van der Waals surface area contributed by atoms with Crippen LogP contribution in [0.4, 0.5) is 0 Å². The van der Waals surface area contributed by atoms with Crippen molar-refractivity contribution in [3.63, 3.8) is 0 Å². The topological polar surface area (TPSA) is 49.3 Å². The lowest BCUT2D eigenvalue weighted by atomic mass is 10.1. The van der Waals surface area contributed by atoms with Crippen molar-refractivity contribution < 1.29 is 9.47 Å². The Bertz CT molecular complexity index is 540. The van der Waals surface area contributed by atoms with Gasteiger partial charge in [-0.3, -0.25) is 9.89 Å². The molecule has 1 aliphatic rings. The molecule has 0 atom stereocenters. The number of methoxy groups -OCH3 is 2. The molecule has 1 fully saturated rings. The fraction of sp³-hybridized carbons (Fsp3) is 0.611. The van der Waals surface area contributed by atoms with Crippen LogP contribution in [0.25, 0.3) is 0 Å². The SMILES string of the molecule is CCCNC(=NC)N1CCN(Cc2cc(OC)ccc2OC)CC1. The van der Waals surface area contributed by atoms with Crippen molar-refractivity contribution in [3.8, 4) is 11.5 Å². The Hall–Kier alpha value is -1.95. The van der Waals surface area contributed by atoms with Gasteiger partial charge in [-0.25, -0.2) is 0 Å². The molecule has 0 bridgehead atoms.